The molecule has 0 aliphatic heterocycles. The highest BCUT2D eigenvalue weighted by Crippen LogP contribution is 2.22. The topological polar surface area (TPSA) is 83.6 Å². The Morgan fingerprint density at radius 2 is 1.42 bits per heavy atom. The van der Waals surface area contributed by atoms with E-state index in [0.717, 1.165) is 0 Å². The first-order valence-electron chi connectivity index (χ1n) is 7.28. The summed E-state index contributed by atoms with van der Waals surface area (Å²) in [6.45, 7) is 0.784. The van der Waals surface area contributed by atoms with E-state index in [1.807, 2.05) is 19.0 Å². The number of sulfonamides is 1. The molecular formula is C16H20N2O4S2. The Morgan fingerprint density at radius 1 is 0.833 bits per heavy atom. The van der Waals surface area contributed by atoms with Gasteiger partial charge in [0, 0.05) is 13.1 Å². The lowest BCUT2D eigenvalue weighted by atomic mass is 10.4. The lowest BCUT2D eigenvalue weighted by molar-refractivity contribution is 0.412. The normalized spacial score (nSPS) is 12.5. The molecule has 0 amide bonds. The molecule has 0 bridgehead atoms. The number of sulfone groups is 1. The number of rotatable bonds is 7. The van der Waals surface area contributed by atoms with Gasteiger partial charge in [-0.1, -0.05) is 24.3 Å². The van der Waals surface area contributed by atoms with Gasteiger partial charge in [-0.25, -0.2) is 21.6 Å². The summed E-state index contributed by atoms with van der Waals surface area (Å²) >= 11 is 0. The highest BCUT2D eigenvalue weighted by molar-refractivity contribution is 7.91. The molecule has 2 aromatic carbocycles. The molecule has 0 spiro atoms. The highest BCUT2D eigenvalue weighted by atomic mass is 32.2. The third-order valence-corrected chi connectivity index (χ3v) is 6.56. The van der Waals surface area contributed by atoms with Crippen LogP contribution in [0.25, 0.3) is 0 Å². The van der Waals surface area contributed by atoms with Crippen LogP contribution >= 0.6 is 0 Å². The molecule has 2 aromatic rings. The summed E-state index contributed by atoms with van der Waals surface area (Å²) in [5.74, 6) is 0. The van der Waals surface area contributed by atoms with E-state index >= 15 is 0 Å². The lowest BCUT2D eigenvalue weighted by Gasteiger charge is -2.12. The Kier molecular flexibility index (Phi) is 5.76. The van der Waals surface area contributed by atoms with Crippen LogP contribution in [0.5, 0.6) is 0 Å². The molecule has 24 heavy (non-hydrogen) atoms. The summed E-state index contributed by atoms with van der Waals surface area (Å²) in [5.41, 5.74) is 0. The first-order chi connectivity index (χ1) is 11.2. The molecule has 6 nitrogen and oxygen atoms in total. The average molecular weight is 368 g/mol. The van der Waals surface area contributed by atoms with Crippen LogP contribution in [0.15, 0.2) is 69.3 Å². The molecular weight excluding hydrogens is 348 g/mol. The number of nitrogens with one attached hydrogen (secondary N) is 1. The molecule has 0 atom stereocenters. The van der Waals surface area contributed by atoms with Crippen molar-refractivity contribution in [1.82, 2.24) is 9.62 Å². The second-order valence-corrected chi connectivity index (χ2v) is 9.21. The fourth-order valence-corrected chi connectivity index (χ4v) is 4.50. The zero-order valence-corrected chi connectivity index (χ0v) is 15.1. The summed E-state index contributed by atoms with van der Waals surface area (Å²) in [4.78, 5) is 1.85. The summed E-state index contributed by atoms with van der Waals surface area (Å²) in [6, 6.07) is 13.3. The Hall–Kier alpha value is -1.74. The Labute approximate surface area is 143 Å². The van der Waals surface area contributed by atoms with Crippen LogP contribution in [0.3, 0.4) is 0 Å². The molecule has 0 saturated carbocycles. The van der Waals surface area contributed by atoms with E-state index in [9.17, 15) is 16.8 Å². The minimum atomic E-state index is -3.76. The molecule has 0 saturated heterocycles. The Bertz CT molecular complexity index is 893. The van der Waals surface area contributed by atoms with Crippen LogP contribution in [0.1, 0.15) is 0 Å². The van der Waals surface area contributed by atoms with Crippen molar-refractivity contribution >= 4 is 19.9 Å². The van der Waals surface area contributed by atoms with Gasteiger partial charge in [-0.3, -0.25) is 0 Å². The van der Waals surface area contributed by atoms with Gasteiger partial charge in [-0.2, -0.15) is 0 Å². The third-order valence-electron chi connectivity index (χ3n) is 3.33. The largest absolute Gasteiger partial charge is 0.308 e. The van der Waals surface area contributed by atoms with Gasteiger partial charge >= 0.3 is 0 Å². The van der Waals surface area contributed by atoms with Crippen molar-refractivity contribution in [3.05, 3.63) is 54.6 Å². The maximum atomic E-state index is 12.6. The molecule has 0 unspecified atom stereocenters. The first kappa shape index (κ1) is 18.6. The van der Waals surface area contributed by atoms with E-state index in [-0.39, 0.29) is 21.2 Å². The summed E-state index contributed by atoms with van der Waals surface area (Å²) < 4.78 is 52.3. The van der Waals surface area contributed by atoms with Gasteiger partial charge in [0.1, 0.15) is 0 Å². The number of likely N-dealkylation sites (N-methyl/N-ethyl adjacent to an activating group) is 1. The van der Waals surface area contributed by atoms with Gasteiger partial charge in [0.05, 0.1) is 14.7 Å². The third kappa shape index (κ3) is 4.41. The quantitative estimate of drug-likeness (QED) is 0.798. The van der Waals surface area contributed by atoms with E-state index < -0.39 is 19.9 Å². The van der Waals surface area contributed by atoms with E-state index in [0.29, 0.717) is 6.54 Å². The Morgan fingerprint density at radius 3 is 2.04 bits per heavy atom. The first-order valence-corrected chi connectivity index (χ1v) is 10.2. The molecule has 0 aromatic heterocycles. The molecule has 1 N–H and O–H groups in total. The molecule has 0 aliphatic rings. The lowest BCUT2D eigenvalue weighted by Crippen LogP contribution is -2.31. The Balaban J connectivity index is 2.32. The van der Waals surface area contributed by atoms with E-state index in [4.69, 9.17) is 0 Å². The monoisotopic (exact) mass is 368 g/mol. The second kappa shape index (κ2) is 7.43. The van der Waals surface area contributed by atoms with E-state index in [2.05, 4.69) is 4.72 Å². The van der Waals surface area contributed by atoms with Gasteiger partial charge in [0.25, 0.3) is 0 Å². The second-order valence-electron chi connectivity index (χ2n) is 5.49. The maximum Gasteiger partial charge on any atom is 0.240 e. The van der Waals surface area contributed by atoms with Gasteiger partial charge in [0.2, 0.25) is 19.9 Å². The number of nitrogens with zero attached hydrogens (tertiary/aromatic N) is 1. The van der Waals surface area contributed by atoms with Crippen molar-refractivity contribution in [2.45, 2.75) is 14.7 Å². The van der Waals surface area contributed by atoms with Crippen LogP contribution in [-0.4, -0.2) is 48.9 Å². The zero-order chi connectivity index (χ0) is 17.8. The number of hydrogen-bond donors (Lipinski definition) is 1. The molecule has 2 rings (SSSR count). The van der Waals surface area contributed by atoms with Crippen LogP contribution < -0.4 is 4.72 Å². The standard InChI is InChI=1S/C16H20N2O4S2/c1-18(2)12-11-17-24(21,22)16-10-6-9-15(13-16)23(19,20)14-7-4-3-5-8-14/h3-10,13,17H,11-12H2,1-2H3. The highest BCUT2D eigenvalue weighted by Gasteiger charge is 2.21. The van der Waals surface area contributed by atoms with Crippen LogP contribution in [-0.2, 0) is 19.9 Å². The molecule has 8 heteroatoms. The smallest absolute Gasteiger partial charge is 0.240 e. The van der Waals surface area contributed by atoms with Gasteiger partial charge in [-0.15, -0.1) is 0 Å². The van der Waals surface area contributed by atoms with Crippen LogP contribution in [0, 0.1) is 0 Å². The van der Waals surface area contributed by atoms with Gasteiger partial charge < -0.3 is 4.90 Å². The fourth-order valence-electron chi connectivity index (χ4n) is 2.03. The number of hydrogen-bond acceptors (Lipinski definition) is 5. The average Bonchev–Trinajstić information content (AvgIpc) is 2.55. The zero-order valence-electron chi connectivity index (χ0n) is 13.5. The van der Waals surface area contributed by atoms with Crippen molar-refractivity contribution in [2.75, 3.05) is 27.2 Å². The van der Waals surface area contributed by atoms with E-state index in [1.165, 1.54) is 36.4 Å². The maximum absolute atomic E-state index is 12.6. The number of benzene rings is 2. The minimum absolute atomic E-state index is 0.0517. The van der Waals surface area contributed by atoms with Gasteiger partial charge in [-0.05, 0) is 44.4 Å². The predicted molar refractivity (Wildman–Crippen MR) is 92.1 cm³/mol. The summed E-state index contributed by atoms with van der Waals surface area (Å²) in [7, 11) is -3.85. The van der Waals surface area contributed by atoms with E-state index in [1.54, 1.807) is 18.2 Å². The van der Waals surface area contributed by atoms with Crippen LogP contribution in [0.2, 0.25) is 0 Å². The molecule has 0 heterocycles. The van der Waals surface area contributed by atoms with Crippen molar-refractivity contribution in [1.29, 1.82) is 0 Å². The molecule has 0 fully saturated rings. The van der Waals surface area contributed by atoms with Crippen molar-refractivity contribution in [3.63, 3.8) is 0 Å². The van der Waals surface area contributed by atoms with Gasteiger partial charge in [0.15, 0.2) is 0 Å². The van der Waals surface area contributed by atoms with Crippen LogP contribution in [0.4, 0.5) is 0 Å². The SMILES string of the molecule is CN(C)CCNS(=O)(=O)c1cccc(S(=O)(=O)c2ccccc2)c1. The molecule has 0 aliphatic carbocycles. The molecule has 0 radical (unpaired) electrons. The minimum Gasteiger partial charge on any atom is -0.308 e. The molecule has 130 valence electrons. The summed E-state index contributed by atoms with van der Waals surface area (Å²) in [5, 5.41) is 0. The predicted octanol–water partition coefficient (Wildman–Crippen LogP) is 1.36. The fraction of sp³-hybridized carbons (Fsp3) is 0.250. The summed E-state index contributed by atoms with van der Waals surface area (Å²) in [6.07, 6.45) is 0. The van der Waals surface area contributed by atoms with Crippen molar-refractivity contribution in [2.24, 2.45) is 0 Å². The van der Waals surface area contributed by atoms with Crippen molar-refractivity contribution in [3.8, 4) is 0 Å². The van der Waals surface area contributed by atoms with Crippen molar-refractivity contribution < 1.29 is 16.8 Å².